The summed E-state index contributed by atoms with van der Waals surface area (Å²) in [4.78, 5) is 12.5. The van der Waals surface area contributed by atoms with E-state index in [1.807, 2.05) is 4.57 Å². The Kier molecular flexibility index (Phi) is 4.25. The third-order valence-corrected chi connectivity index (χ3v) is 4.11. The van der Waals surface area contributed by atoms with Gasteiger partial charge in [0.05, 0.1) is 18.5 Å². The molecule has 0 amide bonds. The van der Waals surface area contributed by atoms with Crippen LogP contribution in [0.1, 0.15) is 30.5 Å². The molecule has 0 aliphatic carbocycles. The molecule has 0 fully saturated rings. The zero-order chi connectivity index (χ0) is 16.4. The van der Waals surface area contributed by atoms with Gasteiger partial charge in [0.25, 0.3) is 0 Å². The quantitative estimate of drug-likeness (QED) is 0.754. The van der Waals surface area contributed by atoms with Crippen LogP contribution in [0.5, 0.6) is 0 Å². The number of hydrogen-bond acceptors (Lipinski definition) is 5. The number of aromatic nitrogens is 4. The average molecular weight is 311 g/mol. The summed E-state index contributed by atoms with van der Waals surface area (Å²) in [5.74, 6) is 0.358. The molecule has 0 aliphatic heterocycles. The maximum Gasteiger partial charge on any atom is 0.165 e. The van der Waals surface area contributed by atoms with Gasteiger partial charge in [0.1, 0.15) is 11.8 Å². The Morgan fingerprint density at radius 3 is 2.83 bits per heavy atom. The molecule has 0 saturated carbocycles. The first-order valence-electron chi connectivity index (χ1n) is 7.73. The molecule has 3 aromatic rings. The molecule has 3 N–H and O–H groups in total. The van der Waals surface area contributed by atoms with Crippen molar-refractivity contribution in [3.05, 3.63) is 48.0 Å². The Bertz CT molecular complexity index is 812. The summed E-state index contributed by atoms with van der Waals surface area (Å²) in [5, 5.41) is 10.2. The van der Waals surface area contributed by atoms with Crippen LogP contribution in [-0.2, 0) is 6.42 Å². The molecule has 0 radical (unpaired) electrons. The number of imidazole rings is 1. The zero-order valence-electron chi connectivity index (χ0n) is 13.3. The number of hydrogen-bond donors (Lipinski definition) is 2. The molecule has 1 aromatic carbocycles. The van der Waals surface area contributed by atoms with Crippen LogP contribution in [-0.4, -0.2) is 30.7 Å². The molecule has 0 bridgehead atoms. The minimum Gasteiger partial charge on any atom is -0.391 e. The summed E-state index contributed by atoms with van der Waals surface area (Å²) in [5.41, 5.74) is 9.57. The average Bonchev–Trinajstić information content (AvgIpc) is 2.93. The van der Waals surface area contributed by atoms with Crippen molar-refractivity contribution in [2.75, 3.05) is 5.73 Å². The minimum atomic E-state index is -0.520. The molecule has 2 aromatic heterocycles. The van der Waals surface area contributed by atoms with E-state index in [1.165, 1.54) is 17.5 Å². The largest absolute Gasteiger partial charge is 0.391 e. The molecular formula is C17H21N5O. The van der Waals surface area contributed by atoms with E-state index in [0.29, 0.717) is 17.0 Å². The van der Waals surface area contributed by atoms with Crippen molar-refractivity contribution < 1.29 is 5.11 Å². The van der Waals surface area contributed by atoms with E-state index < -0.39 is 6.10 Å². The van der Waals surface area contributed by atoms with Crippen molar-refractivity contribution in [3.63, 3.8) is 0 Å². The van der Waals surface area contributed by atoms with Crippen LogP contribution in [0, 0.1) is 6.92 Å². The van der Waals surface area contributed by atoms with Gasteiger partial charge in [-0.2, -0.15) is 0 Å². The second kappa shape index (κ2) is 6.34. The molecule has 23 heavy (non-hydrogen) atoms. The fourth-order valence-corrected chi connectivity index (χ4v) is 2.91. The van der Waals surface area contributed by atoms with E-state index in [0.717, 1.165) is 12.8 Å². The summed E-state index contributed by atoms with van der Waals surface area (Å²) in [6.07, 6.45) is 4.25. The van der Waals surface area contributed by atoms with Gasteiger partial charge >= 0.3 is 0 Å². The standard InChI is InChI=1S/C17H21N5O/c1-11-4-3-5-13(8-11)6-7-14(12(2)23)22-10-21-15-16(18)19-9-20-17(15)22/h3-5,8-10,12,14,23H,6-7H2,1-2H3,(H2,18,19,20)/t12-,14+/m0/s1. The van der Waals surface area contributed by atoms with Crippen molar-refractivity contribution in [3.8, 4) is 0 Å². The number of rotatable bonds is 5. The molecule has 0 saturated heterocycles. The SMILES string of the molecule is Cc1cccc(CC[C@H]([C@H](C)O)n2cnc3c(N)ncnc32)c1. The first-order valence-corrected chi connectivity index (χ1v) is 7.73. The maximum absolute atomic E-state index is 10.2. The third kappa shape index (κ3) is 3.17. The number of fused-ring (bicyclic) bond motifs is 1. The minimum absolute atomic E-state index is 0.116. The summed E-state index contributed by atoms with van der Waals surface area (Å²) in [7, 11) is 0. The zero-order valence-corrected chi connectivity index (χ0v) is 13.3. The molecule has 0 spiro atoms. The summed E-state index contributed by atoms with van der Waals surface area (Å²) >= 11 is 0. The number of nitrogen functional groups attached to an aromatic ring is 1. The first-order chi connectivity index (χ1) is 11.1. The van der Waals surface area contributed by atoms with Crippen LogP contribution in [0.15, 0.2) is 36.9 Å². The van der Waals surface area contributed by atoms with Gasteiger partial charge in [-0.1, -0.05) is 29.8 Å². The summed E-state index contributed by atoms with van der Waals surface area (Å²) in [6, 6.07) is 8.31. The first kappa shape index (κ1) is 15.4. The molecule has 120 valence electrons. The lowest BCUT2D eigenvalue weighted by Crippen LogP contribution is -2.22. The van der Waals surface area contributed by atoms with E-state index in [1.54, 1.807) is 13.3 Å². The van der Waals surface area contributed by atoms with Crippen molar-refractivity contribution in [2.24, 2.45) is 0 Å². The van der Waals surface area contributed by atoms with Gasteiger partial charge in [-0.25, -0.2) is 15.0 Å². The number of anilines is 1. The van der Waals surface area contributed by atoms with E-state index in [9.17, 15) is 5.11 Å². The molecule has 6 heteroatoms. The van der Waals surface area contributed by atoms with Crippen LogP contribution in [0.3, 0.4) is 0 Å². The molecule has 0 unspecified atom stereocenters. The number of aliphatic hydroxyl groups is 1. The lowest BCUT2D eigenvalue weighted by molar-refractivity contribution is 0.126. The van der Waals surface area contributed by atoms with Crippen LogP contribution >= 0.6 is 0 Å². The Morgan fingerprint density at radius 1 is 1.26 bits per heavy atom. The van der Waals surface area contributed by atoms with Crippen LogP contribution in [0.4, 0.5) is 5.82 Å². The molecule has 2 heterocycles. The normalized spacial score (nSPS) is 14.0. The van der Waals surface area contributed by atoms with E-state index >= 15 is 0 Å². The second-order valence-corrected chi connectivity index (χ2v) is 5.92. The van der Waals surface area contributed by atoms with Crippen molar-refractivity contribution >= 4 is 17.0 Å². The van der Waals surface area contributed by atoms with Crippen LogP contribution in [0.2, 0.25) is 0 Å². The highest BCUT2D eigenvalue weighted by molar-refractivity contribution is 5.81. The smallest absolute Gasteiger partial charge is 0.165 e. The molecular weight excluding hydrogens is 290 g/mol. The van der Waals surface area contributed by atoms with E-state index in [4.69, 9.17) is 5.73 Å². The van der Waals surface area contributed by atoms with Gasteiger partial charge in [0.15, 0.2) is 11.5 Å². The van der Waals surface area contributed by atoms with E-state index in [-0.39, 0.29) is 6.04 Å². The topological polar surface area (TPSA) is 89.8 Å². The third-order valence-electron chi connectivity index (χ3n) is 4.11. The Balaban J connectivity index is 1.87. The highest BCUT2D eigenvalue weighted by atomic mass is 16.3. The van der Waals surface area contributed by atoms with Gasteiger partial charge in [-0.05, 0) is 32.3 Å². The predicted molar refractivity (Wildman–Crippen MR) is 90.0 cm³/mol. The molecule has 6 nitrogen and oxygen atoms in total. The van der Waals surface area contributed by atoms with Crippen molar-refractivity contribution in [1.82, 2.24) is 19.5 Å². The number of aryl methyl sites for hydroxylation is 2. The maximum atomic E-state index is 10.2. The Labute approximate surface area is 135 Å². The molecule has 2 atom stereocenters. The summed E-state index contributed by atoms with van der Waals surface area (Å²) < 4.78 is 1.90. The number of benzene rings is 1. The van der Waals surface area contributed by atoms with Crippen molar-refractivity contribution in [1.29, 1.82) is 0 Å². The second-order valence-electron chi connectivity index (χ2n) is 5.92. The molecule has 3 rings (SSSR count). The van der Waals surface area contributed by atoms with Crippen LogP contribution < -0.4 is 5.73 Å². The van der Waals surface area contributed by atoms with E-state index in [2.05, 4.69) is 46.1 Å². The van der Waals surface area contributed by atoms with Gasteiger partial charge in [0.2, 0.25) is 0 Å². The highest BCUT2D eigenvalue weighted by Gasteiger charge is 2.20. The lowest BCUT2D eigenvalue weighted by Gasteiger charge is -2.22. The van der Waals surface area contributed by atoms with Gasteiger partial charge in [-0.15, -0.1) is 0 Å². The van der Waals surface area contributed by atoms with Crippen LogP contribution in [0.25, 0.3) is 11.2 Å². The summed E-state index contributed by atoms with van der Waals surface area (Å²) in [6.45, 7) is 3.87. The predicted octanol–water partition coefficient (Wildman–Crippen LogP) is 2.27. The van der Waals surface area contributed by atoms with Gasteiger partial charge in [0, 0.05) is 0 Å². The fraction of sp³-hybridized carbons (Fsp3) is 0.353. The number of nitrogens with zero attached hydrogens (tertiary/aromatic N) is 4. The molecule has 0 aliphatic rings. The number of nitrogens with two attached hydrogens (primary N) is 1. The fourth-order valence-electron chi connectivity index (χ4n) is 2.91. The number of aliphatic hydroxyl groups excluding tert-OH is 1. The van der Waals surface area contributed by atoms with Gasteiger partial charge in [-0.3, -0.25) is 0 Å². The highest BCUT2D eigenvalue weighted by Crippen LogP contribution is 2.25. The van der Waals surface area contributed by atoms with Crippen molar-refractivity contribution in [2.45, 2.75) is 38.8 Å². The Hall–Kier alpha value is -2.47. The lowest BCUT2D eigenvalue weighted by atomic mass is 10.0. The van der Waals surface area contributed by atoms with Gasteiger partial charge < -0.3 is 15.4 Å². The Morgan fingerprint density at radius 2 is 2.09 bits per heavy atom. The monoisotopic (exact) mass is 311 g/mol.